The Kier molecular flexibility index (Phi) is 1.87. The third-order valence-corrected chi connectivity index (χ3v) is 4.20. The predicted molar refractivity (Wildman–Crippen MR) is 77.7 cm³/mol. The average Bonchev–Trinajstić information content (AvgIpc) is 3.17. The Balaban J connectivity index is 2.12. The first kappa shape index (κ1) is 11.3. The van der Waals surface area contributed by atoms with Gasteiger partial charge in [0.1, 0.15) is 17.4 Å². The second kappa shape index (κ2) is 3.46. The molecule has 0 radical (unpaired) electrons. The zero-order valence-corrected chi connectivity index (χ0v) is 11.6. The van der Waals surface area contributed by atoms with Gasteiger partial charge in [0.15, 0.2) is 0 Å². The van der Waals surface area contributed by atoms with Gasteiger partial charge in [0.05, 0.1) is 5.39 Å². The van der Waals surface area contributed by atoms with E-state index in [-0.39, 0.29) is 18.0 Å². The summed E-state index contributed by atoms with van der Waals surface area (Å²) < 4.78 is 17.1. The van der Waals surface area contributed by atoms with E-state index < -0.39 is 0 Å². The van der Waals surface area contributed by atoms with Crippen LogP contribution in [0.1, 0.15) is 22.8 Å². The molecule has 0 bridgehead atoms. The van der Waals surface area contributed by atoms with Crippen LogP contribution in [-0.2, 0) is 4.74 Å². The Morgan fingerprint density at radius 3 is 2.67 bits per heavy atom. The minimum atomic E-state index is -0.320. The van der Waals surface area contributed by atoms with E-state index in [0.29, 0.717) is 16.7 Å². The first-order valence-corrected chi connectivity index (χ1v) is 6.96. The zero-order valence-electron chi connectivity index (χ0n) is 11.6. The molecule has 1 saturated heterocycles. The summed E-state index contributed by atoms with van der Waals surface area (Å²) in [6, 6.07) is 7.79. The Labute approximate surface area is 119 Å². The molecule has 0 aliphatic carbocycles. The number of hydrogen-bond acceptors (Lipinski definition) is 4. The molecule has 0 spiro atoms. The maximum atomic E-state index is 12.3. The van der Waals surface area contributed by atoms with Crippen molar-refractivity contribution in [1.29, 1.82) is 0 Å². The molecule has 2 unspecified atom stereocenters. The second-order valence-electron chi connectivity index (χ2n) is 5.85. The molecule has 21 heavy (non-hydrogen) atoms. The first-order valence-electron chi connectivity index (χ1n) is 6.96. The normalized spacial score (nSPS) is 22.2. The summed E-state index contributed by atoms with van der Waals surface area (Å²) in [6.45, 7) is 3.93. The minimum Gasteiger partial charge on any atom is -0.461 e. The monoisotopic (exact) mass is 280 g/mol. The van der Waals surface area contributed by atoms with E-state index in [1.165, 1.54) is 0 Å². The van der Waals surface area contributed by atoms with E-state index in [2.05, 4.69) is 6.07 Å². The number of ether oxygens (including phenoxy) is 2. The third-order valence-electron chi connectivity index (χ3n) is 4.20. The molecule has 2 aliphatic rings. The quantitative estimate of drug-likeness (QED) is 0.360. The molecule has 2 atom stereocenters. The van der Waals surface area contributed by atoms with Crippen LogP contribution in [0.25, 0.3) is 21.7 Å². The van der Waals surface area contributed by atoms with Crippen LogP contribution in [0.3, 0.4) is 0 Å². The molecule has 1 fully saturated rings. The van der Waals surface area contributed by atoms with Crippen molar-refractivity contribution in [2.24, 2.45) is 0 Å². The van der Waals surface area contributed by atoms with Crippen LogP contribution in [-0.4, -0.2) is 6.29 Å². The maximum absolute atomic E-state index is 12.3. The van der Waals surface area contributed by atoms with Gasteiger partial charge >= 0.3 is 5.63 Å². The van der Waals surface area contributed by atoms with Crippen molar-refractivity contribution in [1.82, 2.24) is 0 Å². The van der Waals surface area contributed by atoms with Crippen LogP contribution in [0.5, 0.6) is 5.75 Å². The molecule has 0 saturated carbocycles. The molecule has 0 amide bonds. The molecule has 3 aromatic rings. The van der Waals surface area contributed by atoms with Gasteiger partial charge < -0.3 is 13.9 Å². The second-order valence-corrected chi connectivity index (χ2v) is 5.85. The first-order chi connectivity index (χ1) is 10.1. The van der Waals surface area contributed by atoms with Crippen molar-refractivity contribution in [3.8, 4) is 5.75 Å². The summed E-state index contributed by atoms with van der Waals surface area (Å²) >= 11 is 0. The van der Waals surface area contributed by atoms with E-state index >= 15 is 0 Å². The summed E-state index contributed by atoms with van der Waals surface area (Å²) in [4.78, 5) is 12.3. The lowest BCUT2D eigenvalue weighted by Crippen LogP contribution is -2.03. The van der Waals surface area contributed by atoms with Crippen LogP contribution in [0.4, 0.5) is 0 Å². The van der Waals surface area contributed by atoms with Crippen molar-refractivity contribution < 1.29 is 13.9 Å². The molecule has 3 heterocycles. The van der Waals surface area contributed by atoms with Gasteiger partial charge in [-0.1, -0.05) is 6.07 Å². The Bertz CT molecular complexity index is 999. The molecule has 4 nitrogen and oxygen atoms in total. The zero-order chi connectivity index (χ0) is 14.3. The van der Waals surface area contributed by atoms with E-state index in [1.54, 1.807) is 0 Å². The fourth-order valence-electron chi connectivity index (χ4n) is 3.31. The number of hydrogen-bond donors (Lipinski definition) is 0. The molecule has 2 aromatic carbocycles. The highest BCUT2D eigenvalue weighted by molar-refractivity contribution is 6.10. The standard InChI is InChI=1S/C17H12O4/c1-7-3-9-13-11(5-7)19-16(18)10-4-8(2)6-12(14(10)13)20-17-15(9)21-17/h3-6,15,17H,1-2H3. The lowest BCUT2D eigenvalue weighted by molar-refractivity contribution is 0.180. The lowest BCUT2D eigenvalue weighted by Gasteiger charge is -2.10. The SMILES string of the molecule is Cc1cc2c3c(c1)oc(=O)c1cc(C)cc(c13)OC1OC21. The van der Waals surface area contributed by atoms with Gasteiger partial charge in [0.2, 0.25) is 6.29 Å². The number of rotatable bonds is 0. The third kappa shape index (κ3) is 1.40. The van der Waals surface area contributed by atoms with Gasteiger partial charge in [-0.2, -0.15) is 0 Å². The van der Waals surface area contributed by atoms with Crippen LogP contribution in [0.2, 0.25) is 0 Å². The van der Waals surface area contributed by atoms with Crippen LogP contribution in [0, 0.1) is 13.8 Å². The Hall–Kier alpha value is -2.33. The summed E-state index contributed by atoms with van der Waals surface area (Å²) in [5.74, 6) is 0.706. The van der Waals surface area contributed by atoms with Gasteiger partial charge in [-0.05, 0) is 48.7 Å². The van der Waals surface area contributed by atoms with Crippen molar-refractivity contribution in [3.05, 3.63) is 51.4 Å². The van der Waals surface area contributed by atoms with Gasteiger partial charge in [-0.3, -0.25) is 0 Å². The molecular formula is C17H12O4. The average molecular weight is 280 g/mol. The highest BCUT2D eigenvalue weighted by Crippen LogP contribution is 2.49. The Morgan fingerprint density at radius 1 is 1.00 bits per heavy atom. The molecule has 104 valence electrons. The fourth-order valence-corrected chi connectivity index (χ4v) is 3.31. The molecule has 2 aliphatic heterocycles. The van der Waals surface area contributed by atoms with E-state index in [9.17, 15) is 4.79 Å². The predicted octanol–water partition coefficient (Wildman–Crippen LogP) is 3.35. The number of epoxide rings is 1. The van der Waals surface area contributed by atoms with E-state index in [1.807, 2.05) is 32.0 Å². The fraction of sp³-hybridized carbons (Fsp3) is 0.235. The largest absolute Gasteiger partial charge is 0.461 e. The lowest BCUT2D eigenvalue weighted by atomic mass is 9.98. The molecule has 4 heteroatoms. The van der Waals surface area contributed by atoms with Crippen molar-refractivity contribution >= 4 is 21.7 Å². The van der Waals surface area contributed by atoms with E-state index in [0.717, 1.165) is 27.5 Å². The minimum absolute atomic E-state index is 0.0731. The highest BCUT2D eigenvalue weighted by Gasteiger charge is 2.46. The van der Waals surface area contributed by atoms with E-state index in [4.69, 9.17) is 13.9 Å². The molecular weight excluding hydrogens is 268 g/mol. The van der Waals surface area contributed by atoms with Gasteiger partial charge in [0.25, 0.3) is 0 Å². The van der Waals surface area contributed by atoms with Crippen LogP contribution >= 0.6 is 0 Å². The number of benzene rings is 2. The number of aryl methyl sites for hydroxylation is 2. The van der Waals surface area contributed by atoms with Crippen molar-refractivity contribution in [3.63, 3.8) is 0 Å². The highest BCUT2D eigenvalue weighted by atomic mass is 16.8. The maximum Gasteiger partial charge on any atom is 0.344 e. The van der Waals surface area contributed by atoms with Crippen LogP contribution in [0.15, 0.2) is 33.5 Å². The summed E-state index contributed by atoms with van der Waals surface area (Å²) in [5.41, 5.74) is 3.35. The smallest absolute Gasteiger partial charge is 0.344 e. The molecule has 0 N–H and O–H groups in total. The van der Waals surface area contributed by atoms with Crippen LogP contribution < -0.4 is 10.4 Å². The molecule has 1 aromatic heterocycles. The van der Waals surface area contributed by atoms with Crippen molar-refractivity contribution in [2.75, 3.05) is 0 Å². The summed E-state index contributed by atoms with van der Waals surface area (Å²) in [5, 5.41) is 2.36. The number of fused-ring (bicyclic) bond motifs is 2. The Morgan fingerprint density at radius 2 is 1.81 bits per heavy atom. The van der Waals surface area contributed by atoms with Gasteiger partial charge in [-0.15, -0.1) is 0 Å². The van der Waals surface area contributed by atoms with Gasteiger partial charge in [0, 0.05) is 10.8 Å². The van der Waals surface area contributed by atoms with Gasteiger partial charge in [-0.25, -0.2) is 4.79 Å². The topological polar surface area (TPSA) is 52.0 Å². The molecule has 5 rings (SSSR count). The summed E-state index contributed by atoms with van der Waals surface area (Å²) in [6.07, 6.45) is -0.335. The summed E-state index contributed by atoms with van der Waals surface area (Å²) in [7, 11) is 0. The van der Waals surface area contributed by atoms with Crippen molar-refractivity contribution in [2.45, 2.75) is 26.2 Å².